The average molecular weight is 447 g/mol. The summed E-state index contributed by atoms with van der Waals surface area (Å²) in [4.78, 5) is 47.8. The maximum absolute atomic E-state index is 12.5. The second-order valence-electron chi connectivity index (χ2n) is 7.14. The molecule has 0 bridgehead atoms. The fourth-order valence-electron chi connectivity index (χ4n) is 3.33. The van der Waals surface area contributed by atoms with Gasteiger partial charge < -0.3 is 14.2 Å². The Hall–Kier alpha value is -4.37. The molecule has 9 heteroatoms. The molecular formula is C24H17NO8. The number of esters is 1. The van der Waals surface area contributed by atoms with Crippen molar-refractivity contribution in [2.24, 2.45) is 0 Å². The minimum absolute atomic E-state index is 0.0110. The molecule has 0 radical (unpaired) electrons. The number of nitrogens with zero attached hydrogens (tertiary/aromatic N) is 1. The molecule has 3 aromatic rings. The van der Waals surface area contributed by atoms with Gasteiger partial charge in [-0.15, -0.1) is 0 Å². The molecule has 0 fully saturated rings. The van der Waals surface area contributed by atoms with E-state index in [0.29, 0.717) is 16.9 Å². The first-order valence-corrected chi connectivity index (χ1v) is 9.86. The van der Waals surface area contributed by atoms with Gasteiger partial charge in [0.1, 0.15) is 12.4 Å². The monoisotopic (exact) mass is 447 g/mol. The molecule has 0 amide bonds. The second-order valence-corrected chi connectivity index (χ2v) is 7.14. The number of Topliss-reactive ketones (excluding diaryl/α,β-unsaturated/α-hetero) is 2. The zero-order valence-corrected chi connectivity index (χ0v) is 17.2. The van der Waals surface area contributed by atoms with Crippen LogP contribution in [0.25, 0.3) is 0 Å². The molecule has 0 aliphatic carbocycles. The van der Waals surface area contributed by atoms with Crippen LogP contribution in [0.15, 0.2) is 66.7 Å². The van der Waals surface area contributed by atoms with E-state index in [2.05, 4.69) is 0 Å². The van der Waals surface area contributed by atoms with Crippen molar-refractivity contribution in [1.82, 2.24) is 0 Å². The number of ether oxygens (including phenoxy) is 3. The molecule has 1 aliphatic heterocycles. The number of hydrogen-bond acceptors (Lipinski definition) is 8. The van der Waals surface area contributed by atoms with Gasteiger partial charge in [0.2, 0.25) is 11.6 Å². The molecular weight excluding hydrogens is 430 g/mol. The number of carbonyl (C=O) groups excluding carboxylic acids is 3. The minimum Gasteiger partial charge on any atom is -0.467 e. The Morgan fingerprint density at radius 2 is 1.55 bits per heavy atom. The lowest BCUT2D eigenvalue weighted by Crippen LogP contribution is -2.15. The highest BCUT2D eigenvalue weighted by Crippen LogP contribution is 2.33. The van der Waals surface area contributed by atoms with E-state index in [4.69, 9.17) is 14.2 Å². The lowest BCUT2D eigenvalue weighted by atomic mass is 10.0. The fraction of sp³-hybridized carbons (Fsp3) is 0.125. The average Bonchev–Trinajstić information content (AvgIpc) is 2.86. The molecule has 0 aromatic heterocycles. The first kappa shape index (κ1) is 21.8. The van der Waals surface area contributed by atoms with Crippen molar-refractivity contribution in [3.8, 4) is 5.75 Å². The number of nitro benzene ring substituents is 1. The van der Waals surface area contributed by atoms with Crippen LogP contribution in [-0.4, -0.2) is 29.3 Å². The number of nitro groups is 1. The molecule has 1 heterocycles. The molecule has 0 saturated heterocycles. The zero-order valence-electron chi connectivity index (χ0n) is 17.2. The summed E-state index contributed by atoms with van der Waals surface area (Å²) in [6, 6.07) is 16.3. The highest BCUT2D eigenvalue weighted by Gasteiger charge is 2.22. The lowest BCUT2D eigenvalue weighted by Gasteiger charge is -2.20. The van der Waals surface area contributed by atoms with Gasteiger partial charge in [-0.25, -0.2) is 4.79 Å². The van der Waals surface area contributed by atoms with Crippen molar-refractivity contribution in [3.05, 3.63) is 105 Å². The fourth-order valence-corrected chi connectivity index (χ4v) is 3.33. The van der Waals surface area contributed by atoms with Crippen LogP contribution in [-0.2, 0) is 22.7 Å². The van der Waals surface area contributed by atoms with Crippen molar-refractivity contribution >= 4 is 23.2 Å². The van der Waals surface area contributed by atoms with E-state index >= 15 is 0 Å². The van der Waals surface area contributed by atoms with E-state index in [1.807, 2.05) is 0 Å². The molecule has 0 atom stereocenters. The summed E-state index contributed by atoms with van der Waals surface area (Å²) in [5, 5.41) is 11.2. The third kappa shape index (κ3) is 4.78. The maximum Gasteiger partial charge on any atom is 0.338 e. The number of non-ortho nitro benzene ring substituents is 1. The quantitative estimate of drug-likeness (QED) is 0.176. The summed E-state index contributed by atoms with van der Waals surface area (Å²) in [5.74, 6) is -1.65. The molecule has 33 heavy (non-hydrogen) atoms. The van der Waals surface area contributed by atoms with Gasteiger partial charge in [0.05, 0.1) is 17.1 Å². The van der Waals surface area contributed by atoms with Crippen LogP contribution >= 0.6 is 0 Å². The van der Waals surface area contributed by atoms with Crippen molar-refractivity contribution in [3.63, 3.8) is 0 Å². The third-order valence-corrected chi connectivity index (χ3v) is 4.97. The molecule has 0 spiro atoms. The minimum atomic E-state index is -0.698. The van der Waals surface area contributed by atoms with Crippen molar-refractivity contribution in [2.75, 3.05) is 6.79 Å². The highest BCUT2D eigenvalue weighted by molar-refractivity contribution is 6.49. The van der Waals surface area contributed by atoms with Crippen LogP contribution in [0.5, 0.6) is 5.75 Å². The van der Waals surface area contributed by atoms with Gasteiger partial charge in [-0.2, -0.15) is 0 Å². The summed E-state index contributed by atoms with van der Waals surface area (Å²) < 4.78 is 15.9. The summed E-state index contributed by atoms with van der Waals surface area (Å²) in [6.45, 7) is -0.117. The van der Waals surface area contributed by atoms with E-state index < -0.39 is 22.5 Å². The molecule has 0 N–H and O–H groups in total. The molecule has 0 saturated carbocycles. The Balaban J connectivity index is 1.46. The van der Waals surface area contributed by atoms with Gasteiger partial charge in [-0.05, 0) is 12.1 Å². The molecule has 3 aromatic carbocycles. The van der Waals surface area contributed by atoms with E-state index in [9.17, 15) is 24.5 Å². The predicted octanol–water partition coefficient (Wildman–Crippen LogP) is 3.88. The Labute approximate surface area is 187 Å². The summed E-state index contributed by atoms with van der Waals surface area (Å²) in [5.41, 5.74) is 1.24. The topological polar surface area (TPSA) is 122 Å². The van der Waals surface area contributed by atoms with Crippen LogP contribution in [0.3, 0.4) is 0 Å². The van der Waals surface area contributed by atoms with E-state index in [-0.39, 0.29) is 42.4 Å². The van der Waals surface area contributed by atoms with E-state index in [0.717, 1.165) is 0 Å². The Kier molecular flexibility index (Phi) is 6.23. The van der Waals surface area contributed by atoms with Gasteiger partial charge >= 0.3 is 5.97 Å². The Morgan fingerprint density at radius 3 is 2.21 bits per heavy atom. The van der Waals surface area contributed by atoms with Crippen LogP contribution in [0, 0.1) is 10.1 Å². The molecule has 4 rings (SSSR count). The van der Waals surface area contributed by atoms with E-state index in [1.54, 1.807) is 30.3 Å². The Morgan fingerprint density at radius 1 is 0.909 bits per heavy atom. The van der Waals surface area contributed by atoms with Gasteiger partial charge in [0, 0.05) is 34.4 Å². The number of ketones is 2. The number of rotatable bonds is 7. The lowest BCUT2D eigenvalue weighted by molar-refractivity contribution is -0.385. The predicted molar refractivity (Wildman–Crippen MR) is 114 cm³/mol. The van der Waals surface area contributed by atoms with Crippen molar-refractivity contribution < 1.29 is 33.5 Å². The number of benzene rings is 3. The van der Waals surface area contributed by atoms with Gasteiger partial charge in [0.15, 0.2) is 6.79 Å². The SMILES string of the molecule is O=C(OCc1cc([N+](=O)[O-])cc2c1OCOC2)c1ccc(C(=O)C(=O)c2ccccc2)cc1. The molecule has 166 valence electrons. The summed E-state index contributed by atoms with van der Waals surface area (Å²) in [6.07, 6.45) is 0. The first-order valence-electron chi connectivity index (χ1n) is 9.86. The zero-order chi connectivity index (χ0) is 23.4. The van der Waals surface area contributed by atoms with Crippen LogP contribution in [0.2, 0.25) is 0 Å². The van der Waals surface area contributed by atoms with Crippen LogP contribution in [0.1, 0.15) is 42.2 Å². The van der Waals surface area contributed by atoms with Gasteiger partial charge in [0.25, 0.3) is 5.69 Å². The second kappa shape index (κ2) is 9.41. The number of hydrogen-bond donors (Lipinski definition) is 0. The highest BCUT2D eigenvalue weighted by atomic mass is 16.7. The largest absolute Gasteiger partial charge is 0.467 e. The van der Waals surface area contributed by atoms with Crippen molar-refractivity contribution in [1.29, 1.82) is 0 Å². The number of fused-ring (bicyclic) bond motifs is 1. The Bertz CT molecular complexity index is 1240. The standard InChI is InChI=1S/C24H17NO8/c26-21(15-4-2-1-3-5-15)22(27)16-6-8-17(9-7-16)24(28)32-13-19-11-20(25(29)30)10-18-12-31-14-33-23(18)19/h1-11H,12-14H2. The summed E-state index contributed by atoms with van der Waals surface area (Å²) >= 11 is 0. The first-order chi connectivity index (χ1) is 15.9. The molecule has 0 unspecified atom stereocenters. The maximum atomic E-state index is 12.5. The van der Waals surface area contributed by atoms with Crippen molar-refractivity contribution in [2.45, 2.75) is 13.2 Å². The van der Waals surface area contributed by atoms with Crippen LogP contribution in [0.4, 0.5) is 5.69 Å². The molecule has 1 aliphatic rings. The van der Waals surface area contributed by atoms with Gasteiger partial charge in [-0.1, -0.05) is 42.5 Å². The third-order valence-electron chi connectivity index (χ3n) is 4.97. The van der Waals surface area contributed by atoms with E-state index in [1.165, 1.54) is 36.4 Å². The smallest absolute Gasteiger partial charge is 0.338 e. The summed E-state index contributed by atoms with van der Waals surface area (Å²) in [7, 11) is 0. The van der Waals surface area contributed by atoms with Gasteiger partial charge in [-0.3, -0.25) is 19.7 Å². The van der Waals surface area contributed by atoms with Crippen LogP contribution < -0.4 is 4.74 Å². The normalized spacial score (nSPS) is 12.2. The number of carbonyl (C=O) groups is 3. The molecule has 9 nitrogen and oxygen atoms in total.